The fraction of sp³-hybridized carbons (Fsp3) is 0.176. The minimum absolute atomic E-state index is 0.0669. The third-order valence-electron chi connectivity index (χ3n) is 3.42. The van der Waals surface area contributed by atoms with E-state index in [9.17, 15) is 14.0 Å². The molecule has 1 aliphatic rings. The number of hydrogen-bond donors (Lipinski definition) is 2. The van der Waals surface area contributed by atoms with Crippen molar-refractivity contribution < 1.29 is 18.7 Å². The lowest BCUT2D eigenvalue weighted by atomic mass is 10.1. The number of amides is 2. The largest absolute Gasteiger partial charge is 0.491 e. The van der Waals surface area contributed by atoms with E-state index < -0.39 is 5.82 Å². The van der Waals surface area contributed by atoms with Crippen LogP contribution in [0, 0.1) is 5.82 Å². The Morgan fingerprint density at radius 3 is 2.91 bits per heavy atom. The van der Waals surface area contributed by atoms with E-state index in [1.54, 1.807) is 30.3 Å². The molecule has 0 saturated heterocycles. The predicted molar refractivity (Wildman–Crippen MR) is 83.9 cm³/mol. The molecule has 0 fully saturated rings. The van der Waals surface area contributed by atoms with Crippen molar-refractivity contribution in [1.29, 1.82) is 0 Å². The molecule has 3 rings (SSSR count). The summed E-state index contributed by atoms with van der Waals surface area (Å²) < 4.78 is 19.0. The summed E-state index contributed by atoms with van der Waals surface area (Å²) in [5, 5.41) is 5.27. The van der Waals surface area contributed by atoms with Crippen LogP contribution in [-0.4, -0.2) is 18.4 Å². The zero-order valence-electron chi connectivity index (χ0n) is 12.3. The lowest BCUT2D eigenvalue weighted by Crippen LogP contribution is -2.15. The molecule has 2 N–H and O–H groups in total. The van der Waals surface area contributed by atoms with E-state index in [4.69, 9.17) is 4.74 Å². The highest BCUT2D eigenvalue weighted by Crippen LogP contribution is 2.28. The summed E-state index contributed by atoms with van der Waals surface area (Å²) in [5.41, 5.74) is 1.39. The highest BCUT2D eigenvalue weighted by atomic mass is 19.1. The van der Waals surface area contributed by atoms with Gasteiger partial charge in [-0.25, -0.2) is 4.39 Å². The van der Waals surface area contributed by atoms with Crippen LogP contribution in [0.4, 0.5) is 15.8 Å². The molecule has 0 bridgehead atoms. The van der Waals surface area contributed by atoms with Gasteiger partial charge in [-0.05, 0) is 29.8 Å². The summed E-state index contributed by atoms with van der Waals surface area (Å²) in [7, 11) is 0. The van der Waals surface area contributed by atoms with Crippen molar-refractivity contribution >= 4 is 23.2 Å². The monoisotopic (exact) mass is 314 g/mol. The third kappa shape index (κ3) is 3.66. The average molecular weight is 314 g/mol. The second-order valence-corrected chi connectivity index (χ2v) is 5.18. The number of rotatable bonds is 3. The lowest BCUT2D eigenvalue weighted by Gasteiger charge is -2.10. The van der Waals surface area contributed by atoms with Crippen LogP contribution < -0.4 is 15.4 Å². The molecule has 23 heavy (non-hydrogen) atoms. The number of anilines is 2. The number of nitrogens with one attached hydrogen (secondary N) is 2. The average Bonchev–Trinajstić information content (AvgIpc) is 2.69. The number of fused-ring (bicyclic) bond motifs is 1. The number of hydrogen-bond acceptors (Lipinski definition) is 3. The second-order valence-electron chi connectivity index (χ2n) is 5.18. The lowest BCUT2D eigenvalue weighted by molar-refractivity contribution is -0.116. The molecule has 6 heteroatoms. The standard InChI is InChI=1S/C17H15FN2O3/c18-12-3-1-2-4-13(12)19-17(22)10-11-5-6-15-14(9-11)20-16(21)7-8-23-15/h1-6,9H,7-8,10H2,(H,19,22)(H,20,21). The molecular weight excluding hydrogens is 299 g/mol. The van der Waals surface area contributed by atoms with Crippen molar-refractivity contribution in [2.75, 3.05) is 17.2 Å². The molecule has 2 amide bonds. The van der Waals surface area contributed by atoms with Crippen LogP contribution in [0.3, 0.4) is 0 Å². The van der Waals surface area contributed by atoms with Gasteiger partial charge in [-0.1, -0.05) is 18.2 Å². The smallest absolute Gasteiger partial charge is 0.228 e. The Bertz CT molecular complexity index is 761. The van der Waals surface area contributed by atoms with Crippen molar-refractivity contribution in [2.24, 2.45) is 0 Å². The molecule has 0 unspecified atom stereocenters. The maximum atomic E-state index is 13.5. The summed E-state index contributed by atoms with van der Waals surface area (Å²) in [5.74, 6) is -0.370. The molecule has 0 aromatic heterocycles. The van der Waals surface area contributed by atoms with Crippen LogP contribution in [0.1, 0.15) is 12.0 Å². The van der Waals surface area contributed by atoms with E-state index in [0.717, 1.165) is 0 Å². The minimum atomic E-state index is -0.483. The Morgan fingerprint density at radius 1 is 1.26 bits per heavy atom. The van der Waals surface area contributed by atoms with Gasteiger partial charge in [-0.15, -0.1) is 0 Å². The van der Waals surface area contributed by atoms with Crippen LogP contribution in [-0.2, 0) is 16.0 Å². The quantitative estimate of drug-likeness (QED) is 0.915. The molecule has 0 aliphatic carbocycles. The number of carbonyl (C=O) groups excluding carboxylic acids is 2. The van der Waals surface area contributed by atoms with E-state index in [1.165, 1.54) is 12.1 Å². The fourth-order valence-corrected chi connectivity index (χ4v) is 2.32. The molecule has 2 aromatic rings. The molecule has 2 aromatic carbocycles. The first kappa shape index (κ1) is 15.0. The van der Waals surface area contributed by atoms with Gasteiger partial charge in [0.05, 0.1) is 30.8 Å². The zero-order valence-corrected chi connectivity index (χ0v) is 12.3. The van der Waals surface area contributed by atoms with Gasteiger partial charge in [-0.3, -0.25) is 9.59 Å². The van der Waals surface area contributed by atoms with E-state index in [2.05, 4.69) is 10.6 Å². The first-order chi connectivity index (χ1) is 11.1. The molecule has 0 radical (unpaired) electrons. The molecule has 118 valence electrons. The first-order valence-corrected chi connectivity index (χ1v) is 7.22. The van der Waals surface area contributed by atoms with Crippen LogP contribution in [0.2, 0.25) is 0 Å². The molecule has 0 saturated carbocycles. The number of halogens is 1. The van der Waals surface area contributed by atoms with E-state index >= 15 is 0 Å². The normalized spacial score (nSPS) is 13.3. The van der Waals surface area contributed by atoms with Gasteiger partial charge in [0, 0.05) is 0 Å². The molecule has 1 heterocycles. The first-order valence-electron chi connectivity index (χ1n) is 7.22. The van der Waals surface area contributed by atoms with Crippen molar-refractivity contribution in [1.82, 2.24) is 0 Å². The maximum Gasteiger partial charge on any atom is 0.228 e. The minimum Gasteiger partial charge on any atom is -0.491 e. The Morgan fingerprint density at radius 2 is 2.09 bits per heavy atom. The molecule has 0 atom stereocenters. The van der Waals surface area contributed by atoms with Gasteiger partial charge in [0.1, 0.15) is 11.6 Å². The van der Waals surface area contributed by atoms with E-state index in [-0.39, 0.29) is 30.3 Å². The summed E-state index contributed by atoms with van der Waals surface area (Å²) in [6.45, 7) is 0.325. The van der Waals surface area contributed by atoms with Crippen molar-refractivity contribution in [2.45, 2.75) is 12.8 Å². The van der Waals surface area contributed by atoms with Gasteiger partial charge in [0.15, 0.2) is 0 Å². The van der Waals surface area contributed by atoms with Crippen molar-refractivity contribution in [3.8, 4) is 5.75 Å². The van der Waals surface area contributed by atoms with E-state index in [1.807, 2.05) is 0 Å². The molecule has 1 aliphatic heterocycles. The van der Waals surface area contributed by atoms with Crippen LogP contribution >= 0.6 is 0 Å². The Kier molecular flexibility index (Phi) is 4.23. The number of ether oxygens (including phenoxy) is 1. The summed E-state index contributed by atoms with van der Waals surface area (Å²) >= 11 is 0. The Hall–Kier alpha value is -2.89. The predicted octanol–water partition coefficient (Wildman–Crippen LogP) is 2.73. The summed E-state index contributed by atoms with van der Waals surface area (Å²) in [6, 6.07) is 11.1. The number of carbonyl (C=O) groups is 2. The molecular formula is C17H15FN2O3. The summed E-state index contributed by atoms with van der Waals surface area (Å²) in [6.07, 6.45) is 0.356. The zero-order chi connectivity index (χ0) is 16.2. The van der Waals surface area contributed by atoms with Gasteiger partial charge in [0.25, 0.3) is 0 Å². The molecule has 5 nitrogen and oxygen atoms in total. The van der Waals surface area contributed by atoms with Gasteiger partial charge < -0.3 is 15.4 Å². The number of para-hydroxylation sites is 1. The van der Waals surface area contributed by atoms with E-state index in [0.29, 0.717) is 23.6 Å². The second kappa shape index (κ2) is 6.48. The molecule has 0 spiro atoms. The third-order valence-corrected chi connectivity index (χ3v) is 3.42. The van der Waals surface area contributed by atoms with Gasteiger partial charge in [-0.2, -0.15) is 0 Å². The van der Waals surface area contributed by atoms with Crippen LogP contribution in [0.15, 0.2) is 42.5 Å². The highest BCUT2D eigenvalue weighted by Gasteiger charge is 2.15. The highest BCUT2D eigenvalue weighted by molar-refractivity contribution is 5.94. The van der Waals surface area contributed by atoms with Crippen molar-refractivity contribution in [3.05, 3.63) is 53.8 Å². The van der Waals surface area contributed by atoms with Crippen LogP contribution in [0.5, 0.6) is 5.75 Å². The topological polar surface area (TPSA) is 67.4 Å². The summed E-state index contributed by atoms with van der Waals surface area (Å²) in [4.78, 5) is 23.6. The fourth-order valence-electron chi connectivity index (χ4n) is 2.32. The maximum absolute atomic E-state index is 13.5. The van der Waals surface area contributed by atoms with Crippen LogP contribution in [0.25, 0.3) is 0 Å². The van der Waals surface area contributed by atoms with Crippen molar-refractivity contribution in [3.63, 3.8) is 0 Å². The Labute approximate surface area is 132 Å². The Balaban J connectivity index is 1.72. The number of benzene rings is 2. The van der Waals surface area contributed by atoms with Gasteiger partial charge >= 0.3 is 0 Å². The van der Waals surface area contributed by atoms with Gasteiger partial charge in [0.2, 0.25) is 11.8 Å². The SMILES string of the molecule is O=C(Cc1ccc2c(c1)NC(=O)CCO2)Nc1ccccc1F.